The summed E-state index contributed by atoms with van der Waals surface area (Å²) in [6.45, 7) is 11.0. The Kier molecular flexibility index (Phi) is 18.3. The summed E-state index contributed by atoms with van der Waals surface area (Å²) in [5, 5.41) is 0. The molecule has 0 radical (unpaired) electrons. The third-order valence-electron chi connectivity index (χ3n) is 3.35. The zero-order chi connectivity index (χ0) is 21.0. The standard InChI is InChI=1S/C20H38O8/c1-17(2)25-13-9-23-11-15-27-19(21)7-5-6-8-20(22)28-16-12-24-10-14-26-18(3)4/h17-18H,5-16H2,1-4H3. The minimum Gasteiger partial charge on any atom is -0.463 e. The molecule has 0 heterocycles. The van der Waals surface area contributed by atoms with Crippen LogP contribution in [0.15, 0.2) is 0 Å². The Morgan fingerprint density at radius 1 is 0.571 bits per heavy atom. The van der Waals surface area contributed by atoms with Gasteiger partial charge < -0.3 is 28.4 Å². The van der Waals surface area contributed by atoms with Crippen LogP contribution < -0.4 is 0 Å². The van der Waals surface area contributed by atoms with Gasteiger partial charge in [-0.1, -0.05) is 0 Å². The van der Waals surface area contributed by atoms with Gasteiger partial charge in [-0.25, -0.2) is 0 Å². The predicted molar refractivity (Wildman–Crippen MR) is 104 cm³/mol. The number of esters is 2. The van der Waals surface area contributed by atoms with Crippen LogP contribution in [0.3, 0.4) is 0 Å². The van der Waals surface area contributed by atoms with Crippen molar-refractivity contribution in [2.75, 3.05) is 52.9 Å². The molecule has 0 N–H and O–H groups in total. The molecule has 0 saturated carbocycles. The van der Waals surface area contributed by atoms with Crippen molar-refractivity contribution in [3.8, 4) is 0 Å². The fourth-order valence-electron chi connectivity index (χ4n) is 2.00. The Morgan fingerprint density at radius 2 is 0.929 bits per heavy atom. The molecule has 0 fully saturated rings. The second-order valence-corrected chi connectivity index (χ2v) is 6.71. The molecule has 0 aliphatic carbocycles. The number of rotatable bonds is 19. The average molecular weight is 407 g/mol. The minimum atomic E-state index is -0.285. The molecule has 0 rings (SSSR count). The van der Waals surface area contributed by atoms with Crippen molar-refractivity contribution in [3.63, 3.8) is 0 Å². The first-order valence-corrected chi connectivity index (χ1v) is 10.1. The Hall–Kier alpha value is -1.22. The highest BCUT2D eigenvalue weighted by atomic mass is 16.6. The predicted octanol–water partition coefficient (Wildman–Crippen LogP) is 2.52. The SMILES string of the molecule is CC(C)OCCOCCOC(=O)CCCCC(=O)OCCOCCOC(C)C. The third-order valence-corrected chi connectivity index (χ3v) is 3.35. The maximum Gasteiger partial charge on any atom is 0.305 e. The van der Waals surface area contributed by atoms with Crippen LogP contribution in [0.1, 0.15) is 53.4 Å². The summed E-state index contributed by atoms with van der Waals surface area (Å²) >= 11 is 0. The van der Waals surface area contributed by atoms with Crippen LogP contribution in [-0.4, -0.2) is 77.0 Å². The average Bonchev–Trinajstić information content (AvgIpc) is 2.63. The van der Waals surface area contributed by atoms with Crippen molar-refractivity contribution in [3.05, 3.63) is 0 Å². The molecule has 0 aromatic carbocycles. The van der Waals surface area contributed by atoms with E-state index >= 15 is 0 Å². The van der Waals surface area contributed by atoms with Crippen molar-refractivity contribution < 1.29 is 38.0 Å². The Morgan fingerprint density at radius 3 is 1.29 bits per heavy atom. The lowest BCUT2D eigenvalue weighted by atomic mass is 10.2. The van der Waals surface area contributed by atoms with Crippen molar-refractivity contribution in [1.82, 2.24) is 0 Å². The van der Waals surface area contributed by atoms with Gasteiger partial charge in [0.1, 0.15) is 13.2 Å². The second kappa shape index (κ2) is 19.1. The monoisotopic (exact) mass is 406 g/mol. The van der Waals surface area contributed by atoms with Gasteiger partial charge in [0.2, 0.25) is 0 Å². The van der Waals surface area contributed by atoms with E-state index in [2.05, 4.69) is 0 Å². The van der Waals surface area contributed by atoms with Crippen molar-refractivity contribution in [1.29, 1.82) is 0 Å². The van der Waals surface area contributed by atoms with E-state index in [1.54, 1.807) is 0 Å². The van der Waals surface area contributed by atoms with Gasteiger partial charge in [0.25, 0.3) is 0 Å². The summed E-state index contributed by atoms with van der Waals surface area (Å²) < 4.78 is 31.3. The van der Waals surface area contributed by atoms with Crippen molar-refractivity contribution >= 4 is 11.9 Å². The van der Waals surface area contributed by atoms with Crippen LogP contribution in [-0.2, 0) is 38.0 Å². The van der Waals surface area contributed by atoms with Crippen molar-refractivity contribution in [2.45, 2.75) is 65.6 Å². The van der Waals surface area contributed by atoms with E-state index in [-0.39, 0.29) is 50.2 Å². The normalized spacial score (nSPS) is 11.2. The van der Waals surface area contributed by atoms with Crippen LogP contribution in [0.5, 0.6) is 0 Å². The molecule has 0 aliphatic rings. The highest BCUT2D eigenvalue weighted by Gasteiger charge is 2.06. The van der Waals surface area contributed by atoms with Crippen molar-refractivity contribution in [2.24, 2.45) is 0 Å². The lowest BCUT2D eigenvalue weighted by Crippen LogP contribution is -2.15. The van der Waals surface area contributed by atoms with E-state index in [0.29, 0.717) is 52.5 Å². The number of ether oxygens (including phenoxy) is 6. The molecule has 0 amide bonds. The minimum absolute atomic E-state index is 0.182. The van der Waals surface area contributed by atoms with Gasteiger partial charge in [-0.05, 0) is 40.5 Å². The number of carbonyl (C=O) groups excluding carboxylic acids is 2. The van der Waals surface area contributed by atoms with Gasteiger partial charge in [-0.3, -0.25) is 9.59 Å². The van der Waals surface area contributed by atoms with E-state index in [0.717, 1.165) is 0 Å². The quantitative estimate of drug-likeness (QED) is 0.239. The van der Waals surface area contributed by atoms with E-state index in [9.17, 15) is 9.59 Å². The largest absolute Gasteiger partial charge is 0.463 e. The first-order valence-electron chi connectivity index (χ1n) is 10.1. The van der Waals surface area contributed by atoms with Crippen LogP contribution in [0, 0.1) is 0 Å². The van der Waals surface area contributed by atoms with Gasteiger partial charge in [-0.15, -0.1) is 0 Å². The van der Waals surface area contributed by atoms with Crippen LogP contribution in [0.2, 0.25) is 0 Å². The number of carbonyl (C=O) groups is 2. The summed E-state index contributed by atoms with van der Waals surface area (Å²) in [7, 11) is 0. The van der Waals surface area contributed by atoms with E-state index < -0.39 is 0 Å². The molecule has 0 aliphatic heterocycles. The molecule has 0 saturated heterocycles. The highest BCUT2D eigenvalue weighted by Crippen LogP contribution is 2.03. The maximum atomic E-state index is 11.6. The zero-order valence-electron chi connectivity index (χ0n) is 17.9. The summed E-state index contributed by atoms with van der Waals surface area (Å²) in [6, 6.07) is 0. The van der Waals surface area contributed by atoms with E-state index in [1.807, 2.05) is 27.7 Å². The second-order valence-electron chi connectivity index (χ2n) is 6.71. The summed E-state index contributed by atoms with van der Waals surface area (Å²) in [5.41, 5.74) is 0. The zero-order valence-corrected chi connectivity index (χ0v) is 17.9. The van der Waals surface area contributed by atoms with E-state index in [4.69, 9.17) is 28.4 Å². The molecule has 0 spiro atoms. The summed E-state index contributed by atoms with van der Waals surface area (Å²) in [6.07, 6.45) is 2.09. The van der Waals surface area contributed by atoms with Crippen LogP contribution in [0.4, 0.5) is 0 Å². The first-order chi connectivity index (χ1) is 13.4. The molecular formula is C20H38O8. The maximum absolute atomic E-state index is 11.6. The van der Waals surface area contributed by atoms with Gasteiger partial charge in [0.05, 0.1) is 51.8 Å². The molecule has 0 atom stereocenters. The van der Waals surface area contributed by atoms with Gasteiger partial charge >= 0.3 is 11.9 Å². The molecule has 28 heavy (non-hydrogen) atoms. The summed E-state index contributed by atoms with van der Waals surface area (Å²) in [5.74, 6) is -0.570. The number of hydrogen-bond acceptors (Lipinski definition) is 8. The summed E-state index contributed by atoms with van der Waals surface area (Å²) in [4.78, 5) is 23.1. The molecule has 166 valence electrons. The smallest absolute Gasteiger partial charge is 0.305 e. The number of hydrogen-bond donors (Lipinski definition) is 0. The van der Waals surface area contributed by atoms with Gasteiger partial charge in [-0.2, -0.15) is 0 Å². The molecule has 0 aromatic rings. The molecule has 8 heteroatoms. The fraction of sp³-hybridized carbons (Fsp3) is 0.900. The fourth-order valence-corrected chi connectivity index (χ4v) is 2.00. The third kappa shape index (κ3) is 21.1. The topological polar surface area (TPSA) is 89.5 Å². The van der Waals surface area contributed by atoms with Crippen LogP contribution in [0.25, 0.3) is 0 Å². The Bertz CT molecular complexity index is 348. The molecule has 0 aromatic heterocycles. The molecular weight excluding hydrogens is 368 g/mol. The lowest BCUT2D eigenvalue weighted by Gasteiger charge is -2.09. The number of unbranched alkanes of at least 4 members (excludes halogenated alkanes) is 1. The molecule has 0 unspecified atom stereocenters. The lowest BCUT2D eigenvalue weighted by molar-refractivity contribution is -0.147. The Labute approximate surface area is 169 Å². The van der Waals surface area contributed by atoms with Gasteiger partial charge in [0, 0.05) is 12.8 Å². The highest BCUT2D eigenvalue weighted by molar-refractivity contribution is 5.70. The van der Waals surface area contributed by atoms with E-state index in [1.165, 1.54) is 0 Å². The Balaban J connectivity index is 3.34. The molecule has 0 bridgehead atoms. The first kappa shape index (κ1) is 26.8. The van der Waals surface area contributed by atoms with Gasteiger partial charge in [0.15, 0.2) is 0 Å². The molecule has 8 nitrogen and oxygen atoms in total. The van der Waals surface area contributed by atoms with Crippen LogP contribution >= 0.6 is 0 Å².